The number of benzene rings is 1. The first-order valence-electron chi connectivity index (χ1n) is 6.76. The number of primary amides is 1. The molecule has 2 rings (SSSR count). The molecule has 0 saturated carbocycles. The van der Waals surface area contributed by atoms with Crippen molar-refractivity contribution < 1.29 is 9.59 Å². The van der Waals surface area contributed by atoms with Gasteiger partial charge in [-0.1, -0.05) is 35.7 Å². The van der Waals surface area contributed by atoms with E-state index in [-0.39, 0.29) is 18.5 Å². The number of nitrogens with zero attached hydrogens (tertiary/aromatic N) is 1. The molecule has 1 aliphatic rings. The Balaban J connectivity index is 2.02. The molecule has 21 heavy (non-hydrogen) atoms. The fraction of sp³-hybridized carbons (Fsp3) is 0.429. The van der Waals surface area contributed by atoms with Gasteiger partial charge in [-0.05, 0) is 31.5 Å². The quantitative estimate of drug-likeness (QED) is 0.889. The van der Waals surface area contributed by atoms with Crippen LogP contribution in [0.25, 0.3) is 0 Å². The van der Waals surface area contributed by atoms with E-state index < -0.39 is 5.91 Å². The third kappa shape index (κ3) is 4.09. The van der Waals surface area contributed by atoms with Gasteiger partial charge in [0.25, 0.3) is 0 Å². The second-order valence-corrected chi connectivity index (χ2v) is 5.84. The molecule has 2 amide bonds. The third-order valence-electron chi connectivity index (χ3n) is 3.52. The first-order chi connectivity index (χ1) is 9.99. The maximum absolute atomic E-state index is 12.1. The number of anilines is 1. The fourth-order valence-electron chi connectivity index (χ4n) is 2.48. The van der Waals surface area contributed by atoms with E-state index in [1.54, 1.807) is 23.1 Å². The van der Waals surface area contributed by atoms with Crippen molar-refractivity contribution in [1.29, 1.82) is 0 Å². The molecule has 0 aromatic heterocycles. The highest BCUT2D eigenvalue weighted by molar-refractivity contribution is 6.39. The highest BCUT2D eigenvalue weighted by Gasteiger charge is 2.28. The number of amides is 2. The molecular formula is C14H17Cl2N3O2. The van der Waals surface area contributed by atoms with Crippen molar-refractivity contribution in [3.05, 3.63) is 28.2 Å². The van der Waals surface area contributed by atoms with Crippen LogP contribution in [0, 0.1) is 0 Å². The molecule has 0 aliphatic carbocycles. The second-order valence-electron chi connectivity index (χ2n) is 5.03. The molecule has 114 valence electrons. The fourth-order valence-corrected chi connectivity index (χ4v) is 2.98. The lowest BCUT2D eigenvalue weighted by Crippen LogP contribution is -2.50. The maximum atomic E-state index is 12.1. The van der Waals surface area contributed by atoms with E-state index in [1.165, 1.54) is 0 Å². The number of para-hydroxylation sites is 1. The molecule has 1 aliphatic heterocycles. The van der Waals surface area contributed by atoms with Crippen molar-refractivity contribution in [3.63, 3.8) is 0 Å². The Morgan fingerprint density at radius 2 is 1.95 bits per heavy atom. The van der Waals surface area contributed by atoms with Gasteiger partial charge in [-0.25, -0.2) is 0 Å². The lowest BCUT2D eigenvalue weighted by atomic mass is 10.0. The van der Waals surface area contributed by atoms with Crippen molar-refractivity contribution in [2.24, 2.45) is 5.73 Å². The molecule has 5 nitrogen and oxygen atoms in total. The van der Waals surface area contributed by atoms with E-state index in [9.17, 15) is 9.59 Å². The van der Waals surface area contributed by atoms with E-state index in [4.69, 9.17) is 28.9 Å². The minimum atomic E-state index is -0.390. The normalized spacial score (nSPS) is 19.2. The van der Waals surface area contributed by atoms with Crippen LogP contribution >= 0.6 is 23.2 Å². The van der Waals surface area contributed by atoms with Gasteiger partial charge in [0.2, 0.25) is 11.8 Å². The summed E-state index contributed by atoms with van der Waals surface area (Å²) in [6.45, 7) is 0.770. The molecule has 0 unspecified atom stereocenters. The van der Waals surface area contributed by atoms with Crippen LogP contribution in [0.5, 0.6) is 0 Å². The predicted octanol–water partition coefficient (Wildman–Crippen LogP) is 2.27. The number of hydrogen-bond donors (Lipinski definition) is 2. The lowest BCUT2D eigenvalue weighted by Gasteiger charge is -2.32. The van der Waals surface area contributed by atoms with Crippen LogP contribution < -0.4 is 11.1 Å². The van der Waals surface area contributed by atoms with E-state index in [0.717, 1.165) is 12.8 Å². The summed E-state index contributed by atoms with van der Waals surface area (Å²) in [6, 6.07) is 4.62. The topological polar surface area (TPSA) is 75.4 Å². The zero-order valence-electron chi connectivity index (χ0n) is 11.4. The van der Waals surface area contributed by atoms with Gasteiger partial charge in [0.1, 0.15) is 0 Å². The molecule has 0 bridgehead atoms. The first kappa shape index (κ1) is 16.1. The Bertz CT molecular complexity index is 531. The van der Waals surface area contributed by atoms with Crippen molar-refractivity contribution in [1.82, 2.24) is 4.90 Å². The molecule has 1 atom stereocenters. The molecule has 3 N–H and O–H groups in total. The van der Waals surface area contributed by atoms with Crippen LogP contribution in [0.15, 0.2) is 18.2 Å². The number of carbonyl (C=O) groups is 2. The van der Waals surface area contributed by atoms with Crippen molar-refractivity contribution in [3.8, 4) is 0 Å². The Hall–Kier alpha value is -1.30. The average molecular weight is 330 g/mol. The minimum Gasteiger partial charge on any atom is -0.368 e. The van der Waals surface area contributed by atoms with Crippen molar-refractivity contribution in [2.45, 2.75) is 25.3 Å². The van der Waals surface area contributed by atoms with Crippen molar-refractivity contribution in [2.75, 3.05) is 18.4 Å². The SMILES string of the molecule is NC(=O)[C@H]1CCCCN1CC(=O)Nc1c(Cl)cccc1Cl. The van der Waals surface area contributed by atoms with E-state index >= 15 is 0 Å². The second kappa shape index (κ2) is 7.11. The van der Waals surface area contributed by atoms with Gasteiger partial charge >= 0.3 is 0 Å². The highest BCUT2D eigenvalue weighted by Crippen LogP contribution is 2.29. The number of likely N-dealkylation sites (tertiary alicyclic amines) is 1. The van der Waals surface area contributed by atoms with Crippen LogP contribution in [0.2, 0.25) is 10.0 Å². The van der Waals surface area contributed by atoms with Crippen LogP contribution in [-0.4, -0.2) is 35.8 Å². The number of nitrogens with two attached hydrogens (primary N) is 1. The summed E-state index contributed by atoms with van der Waals surface area (Å²) in [7, 11) is 0. The van der Waals surface area contributed by atoms with Gasteiger partial charge in [0, 0.05) is 0 Å². The maximum Gasteiger partial charge on any atom is 0.238 e. The van der Waals surface area contributed by atoms with Gasteiger partial charge in [0.15, 0.2) is 0 Å². The molecule has 1 heterocycles. The lowest BCUT2D eigenvalue weighted by molar-refractivity contribution is -0.126. The summed E-state index contributed by atoms with van der Waals surface area (Å²) in [6.07, 6.45) is 2.58. The summed E-state index contributed by atoms with van der Waals surface area (Å²) in [5, 5.41) is 3.44. The zero-order valence-corrected chi connectivity index (χ0v) is 13.0. The van der Waals surface area contributed by atoms with Gasteiger partial charge in [-0.2, -0.15) is 0 Å². The Kier molecular flexibility index (Phi) is 5.45. The predicted molar refractivity (Wildman–Crippen MR) is 83.5 cm³/mol. The van der Waals surface area contributed by atoms with E-state index in [1.807, 2.05) is 0 Å². The van der Waals surface area contributed by atoms with Crippen LogP contribution in [0.4, 0.5) is 5.69 Å². The Morgan fingerprint density at radius 3 is 2.57 bits per heavy atom. The van der Waals surface area contributed by atoms with Gasteiger partial charge in [-0.3, -0.25) is 14.5 Å². The molecule has 0 radical (unpaired) electrons. The number of hydrogen-bond acceptors (Lipinski definition) is 3. The molecule has 0 spiro atoms. The van der Waals surface area contributed by atoms with E-state index in [0.29, 0.717) is 28.7 Å². The van der Waals surface area contributed by atoms with Gasteiger partial charge in [-0.15, -0.1) is 0 Å². The number of carbonyl (C=O) groups excluding carboxylic acids is 2. The van der Waals surface area contributed by atoms with Crippen LogP contribution in [-0.2, 0) is 9.59 Å². The molecule has 1 aromatic rings. The molecule has 1 fully saturated rings. The van der Waals surface area contributed by atoms with Gasteiger partial charge < -0.3 is 11.1 Å². The summed E-state index contributed by atoms with van der Waals surface area (Å²) in [5.74, 6) is -0.656. The monoisotopic (exact) mass is 329 g/mol. The Labute approximate surface area is 133 Å². The summed E-state index contributed by atoms with van der Waals surface area (Å²) < 4.78 is 0. The number of rotatable bonds is 4. The van der Waals surface area contributed by atoms with Crippen molar-refractivity contribution >= 4 is 40.7 Å². The zero-order chi connectivity index (χ0) is 15.4. The molecular weight excluding hydrogens is 313 g/mol. The molecule has 7 heteroatoms. The average Bonchev–Trinajstić information content (AvgIpc) is 2.43. The number of piperidine rings is 1. The van der Waals surface area contributed by atoms with Crippen LogP contribution in [0.3, 0.4) is 0 Å². The Morgan fingerprint density at radius 1 is 1.29 bits per heavy atom. The smallest absolute Gasteiger partial charge is 0.238 e. The highest BCUT2D eigenvalue weighted by atomic mass is 35.5. The largest absolute Gasteiger partial charge is 0.368 e. The van der Waals surface area contributed by atoms with Crippen LogP contribution in [0.1, 0.15) is 19.3 Å². The molecule has 1 aromatic carbocycles. The summed E-state index contributed by atoms with van der Waals surface area (Å²) in [5.41, 5.74) is 5.77. The first-order valence-corrected chi connectivity index (χ1v) is 7.52. The van der Waals surface area contributed by atoms with Gasteiger partial charge in [0.05, 0.1) is 28.3 Å². The number of halogens is 2. The van der Waals surface area contributed by atoms with E-state index in [2.05, 4.69) is 5.32 Å². The summed E-state index contributed by atoms with van der Waals surface area (Å²) in [4.78, 5) is 25.3. The standard InChI is InChI=1S/C14H17Cl2N3O2/c15-9-4-3-5-10(16)13(9)18-12(20)8-19-7-2-1-6-11(19)14(17)21/h3-5,11H,1-2,6-8H2,(H2,17,21)(H,18,20)/t11-/m1/s1. The minimum absolute atomic E-state index is 0.0924. The number of nitrogens with one attached hydrogen (secondary N) is 1. The molecule has 1 saturated heterocycles. The third-order valence-corrected chi connectivity index (χ3v) is 4.15. The summed E-state index contributed by atoms with van der Waals surface area (Å²) >= 11 is 12.0.